The molecule has 0 aromatic heterocycles. The number of aryl methyl sites for hydroxylation is 1. The summed E-state index contributed by atoms with van der Waals surface area (Å²) >= 11 is 0. The van der Waals surface area contributed by atoms with Crippen molar-refractivity contribution in [3.63, 3.8) is 0 Å². The Labute approximate surface area is 123 Å². The Morgan fingerprint density at radius 2 is 1.85 bits per heavy atom. The molecule has 0 saturated heterocycles. The lowest BCUT2D eigenvalue weighted by atomic mass is 9.69. The van der Waals surface area contributed by atoms with E-state index in [9.17, 15) is 5.11 Å². The van der Waals surface area contributed by atoms with Gasteiger partial charge in [-0.05, 0) is 54.6 Å². The molecule has 2 aliphatic rings. The van der Waals surface area contributed by atoms with Gasteiger partial charge in [0.2, 0.25) is 0 Å². The zero-order valence-electron chi connectivity index (χ0n) is 12.7. The van der Waals surface area contributed by atoms with E-state index in [0.29, 0.717) is 11.8 Å². The fourth-order valence-corrected chi connectivity index (χ4v) is 4.56. The second kappa shape index (κ2) is 6.30. The van der Waals surface area contributed by atoms with E-state index < -0.39 is 0 Å². The summed E-state index contributed by atoms with van der Waals surface area (Å²) in [6.07, 6.45) is 9.85. The van der Waals surface area contributed by atoms with Crippen molar-refractivity contribution in [2.45, 2.75) is 64.4 Å². The molecule has 0 aliphatic heterocycles. The first-order chi connectivity index (χ1) is 9.79. The minimum atomic E-state index is -0.0754. The lowest BCUT2D eigenvalue weighted by Crippen LogP contribution is -2.38. The standard InChI is InChI=1S/C19H28O/c1-2-14-7-5-6-10-18(14)19(20)17-12-11-15-8-3-4-9-16(15)13-17/h3-4,8-9,14,17-20H,2,5-7,10-13H2,1H3. The monoisotopic (exact) mass is 272 g/mol. The molecule has 1 aromatic carbocycles. The highest BCUT2D eigenvalue weighted by Crippen LogP contribution is 2.39. The van der Waals surface area contributed by atoms with Crippen molar-refractivity contribution in [3.05, 3.63) is 35.4 Å². The molecular formula is C19H28O. The molecular weight excluding hydrogens is 244 g/mol. The number of aliphatic hydroxyl groups is 1. The van der Waals surface area contributed by atoms with Crippen LogP contribution in [0.3, 0.4) is 0 Å². The molecule has 0 amide bonds. The van der Waals surface area contributed by atoms with Crippen molar-refractivity contribution in [1.29, 1.82) is 0 Å². The van der Waals surface area contributed by atoms with E-state index in [-0.39, 0.29) is 6.10 Å². The van der Waals surface area contributed by atoms with Gasteiger partial charge in [0.25, 0.3) is 0 Å². The molecule has 1 heteroatoms. The van der Waals surface area contributed by atoms with Gasteiger partial charge in [-0.1, -0.05) is 56.9 Å². The summed E-state index contributed by atoms with van der Waals surface area (Å²) in [6.45, 7) is 2.30. The van der Waals surface area contributed by atoms with Gasteiger partial charge < -0.3 is 5.11 Å². The van der Waals surface area contributed by atoms with Crippen LogP contribution in [0, 0.1) is 17.8 Å². The number of hydrogen-bond acceptors (Lipinski definition) is 1. The molecule has 0 heterocycles. The van der Waals surface area contributed by atoms with Crippen molar-refractivity contribution in [1.82, 2.24) is 0 Å². The third-order valence-electron chi connectivity index (χ3n) is 5.80. The second-order valence-electron chi connectivity index (χ2n) is 6.88. The zero-order chi connectivity index (χ0) is 13.9. The lowest BCUT2D eigenvalue weighted by Gasteiger charge is -2.39. The van der Waals surface area contributed by atoms with Gasteiger partial charge in [-0.25, -0.2) is 0 Å². The van der Waals surface area contributed by atoms with Crippen LogP contribution in [0.1, 0.15) is 56.6 Å². The Morgan fingerprint density at radius 3 is 2.65 bits per heavy atom. The maximum Gasteiger partial charge on any atom is 0.0602 e. The fourth-order valence-electron chi connectivity index (χ4n) is 4.56. The van der Waals surface area contributed by atoms with Crippen LogP contribution in [0.5, 0.6) is 0 Å². The van der Waals surface area contributed by atoms with Crippen LogP contribution in [0.4, 0.5) is 0 Å². The molecule has 110 valence electrons. The first-order valence-corrected chi connectivity index (χ1v) is 8.54. The van der Waals surface area contributed by atoms with Gasteiger partial charge in [-0.3, -0.25) is 0 Å². The third kappa shape index (κ3) is 2.79. The molecule has 1 saturated carbocycles. The molecule has 1 aromatic rings. The largest absolute Gasteiger partial charge is 0.393 e. The highest BCUT2D eigenvalue weighted by Gasteiger charge is 2.35. The average molecular weight is 272 g/mol. The van der Waals surface area contributed by atoms with E-state index in [1.807, 2.05) is 0 Å². The minimum Gasteiger partial charge on any atom is -0.393 e. The SMILES string of the molecule is CCC1CCCCC1C(O)C1CCc2ccccc2C1. The van der Waals surface area contributed by atoms with E-state index in [1.54, 1.807) is 0 Å². The quantitative estimate of drug-likeness (QED) is 0.866. The third-order valence-corrected chi connectivity index (χ3v) is 5.80. The highest BCUT2D eigenvalue weighted by atomic mass is 16.3. The predicted octanol–water partition coefficient (Wildman–Crippen LogP) is 4.37. The molecule has 1 fully saturated rings. The Kier molecular flexibility index (Phi) is 4.45. The molecule has 2 aliphatic carbocycles. The molecule has 1 N–H and O–H groups in total. The summed E-state index contributed by atoms with van der Waals surface area (Å²) in [5.74, 6) is 1.81. The lowest BCUT2D eigenvalue weighted by molar-refractivity contribution is -0.000933. The minimum absolute atomic E-state index is 0.0754. The Bertz CT molecular complexity index is 439. The fraction of sp³-hybridized carbons (Fsp3) is 0.684. The summed E-state index contributed by atoms with van der Waals surface area (Å²) in [5.41, 5.74) is 2.98. The number of aliphatic hydroxyl groups excluding tert-OH is 1. The molecule has 1 nitrogen and oxygen atoms in total. The van der Waals surface area contributed by atoms with E-state index in [0.717, 1.165) is 18.8 Å². The molecule has 0 radical (unpaired) electrons. The van der Waals surface area contributed by atoms with Crippen LogP contribution >= 0.6 is 0 Å². The van der Waals surface area contributed by atoms with Gasteiger partial charge in [0, 0.05) is 0 Å². The van der Waals surface area contributed by atoms with E-state index in [4.69, 9.17) is 0 Å². The van der Waals surface area contributed by atoms with Crippen LogP contribution in [-0.2, 0) is 12.8 Å². The molecule has 4 unspecified atom stereocenters. The summed E-state index contributed by atoms with van der Waals surface area (Å²) in [6, 6.07) is 8.80. The molecule has 3 rings (SSSR count). The number of benzene rings is 1. The summed E-state index contributed by atoms with van der Waals surface area (Å²) < 4.78 is 0. The average Bonchev–Trinajstić information content (AvgIpc) is 2.53. The second-order valence-corrected chi connectivity index (χ2v) is 6.88. The summed E-state index contributed by atoms with van der Waals surface area (Å²) in [4.78, 5) is 0. The van der Waals surface area contributed by atoms with Crippen LogP contribution in [0.2, 0.25) is 0 Å². The molecule has 0 bridgehead atoms. The van der Waals surface area contributed by atoms with Crippen molar-refractivity contribution in [3.8, 4) is 0 Å². The van der Waals surface area contributed by atoms with Crippen molar-refractivity contribution < 1.29 is 5.11 Å². The highest BCUT2D eigenvalue weighted by molar-refractivity contribution is 5.29. The maximum atomic E-state index is 10.9. The van der Waals surface area contributed by atoms with Crippen molar-refractivity contribution in [2.24, 2.45) is 17.8 Å². The van der Waals surface area contributed by atoms with Gasteiger partial charge in [0.15, 0.2) is 0 Å². The van der Waals surface area contributed by atoms with Crippen molar-refractivity contribution >= 4 is 0 Å². The number of hydrogen-bond donors (Lipinski definition) is 1. The van der Waals surface area contributed by atoms with Gasteiger partial charge in [0.05, 0.1) is 6.10 Å². The normalized spacial score (nSPS) is 31.6. The van der Waals surface area contributed by atoms with Crippen molar-refractivity contribution in [2.75, 3.05) is 0 Å². The van der Waals surface area contributed by atoms with Gasteiger partial charge in [0.1, 0.15) is 0 Å². The Balaban J connectivity index is 1.70. The van der Waals surface area contributed by atoms with E-state index >= 15 is 0 Å². The number of fused-ring (bicyclic) bond motifs is 1. The van der Waals surface area contributed by atoms with E-state index in [1.165, 1.54) is 49.7 Å². The molecule has 20 heavy (non-hydrogen) atoms. The summed E-state index contributed by atoms with van der Waals surface area (Å²) in [5, 5.41) is 10.9. The smallest absolute Gasteiger partial charge is 0.0602 e. The first-order valence-electron chi connectivity index (χ1n) is 8.54. The van der Waals surface area contributed by atoms with Crippen LogP contribution in [0.15, 0.2) is 24.3 Å². The van der Waals surface area contributed by atoms with Gasteiger partial charge in [-0.15, -0.1) is 0 Å². The van der Waals surface area contributed by atoms with Gasteiger partial charge >= 0.3 is 0 Å². The summed E-state index contributed by atoms with van der Waals surface area (Å²) in [7, 11) is 0. The van der Waals surface area contributed by atoms with Crippen LogP contribution in [0.25, 0.3) is 0 Å². The molecule has 4 atom stereocenters. The maximum absolute atomic E-state index is 10.9. The number of rotatable bonds is 3. The van der Waals surface area contributed by atoms with Crippen LogP contribution in [-0.4, -0.2) is 11.2 Å². The molecule has 0 spiro atoms. The Morgan fingerprint density at radius 1 is 1.10 bits per heavy atom. The van der Waals surface area contributed by atoms with E-state index in [2.05, 4.69) is 31.2 Å². The van der Waals surface area contributed by atoms with Gasteiger partial charge in [-0.2, -0.15) is 0 Å². The zero-order valence-corrected chi connectivity index (χ0v) is 12.7. The Hall–Kier alpha value is -0.820. The first kappa shape index (κ1) is 14.1. The predicted molar refractivity (Wildman–Crippen MR) is 83.7 cm³/mol. The topological polar surface area (TPSA) is 20.2 Å². The van der Waals surface area contributed by atoms with Crippen LogP contribution < -0.4 is 0 Å².